The average molecular weight is 366 g/mol. The maximum absolute atomic E-state index is 4.33. The average Bonchev–Trinajstić information content (AvgIpc) is 2.74. The number of nitrogens with one attached hydrogen (secondary N) is 1. The summed E-state index contributed by atoms with van der Waals surface area (Å²) in [5.74, 6) is 3.57. The van der Waals surface area contributed by atoms with Crippen LogP contribution in [0.4, 0.5) is 0 Å². The van der Waals surface area contributed by atoms with Gasteiger partial charge in [-0.25, -0.2) is 0 Å². The highest BCUT2D eigenvalue weighted by Crippen LogP contribution is 2.52. The summed E-state index contributed by atoms with van der Waals surface area (Å²) in [5.41, 5.74) is 0.943. The summed E-state index contributed by atoms with van der Waals surface area (Å²) in [6.45, 7) is 15.4. The Balaban J connectivity index is 1.97. The van der Waals surface area contributed by atoms with E-state index in [2.05, 4.69) is 45.8 Å². The molecule has 0 spiro atoms. The molecule has 25 heavy (non-hydrogen) atoms. The van der Waals surface area contributed by atoms with Crippen molar-refractivity contribution in [2.45, 2.75) is 123 Å². The van der Waals surface area contributed by atoms with Gasteiger partial charge >= 0.3 is 0 Å². The van der Waals surface area contributed by atoms with Crippen molar-refractivity contribution in [3.05, 3.63) is 0 Å². The predicted molar refractivity (Wildman–Crippen MR) is 116 cm³/mol. The second-order valence-corrected chi connectivity index (χ2v) is 14.7. The molecule has 2 rings (SSSR count). The number of hydrogen-bond acceptors (Lipinski definition) is 1. The van der Waals surface area contributed by atoms with Gasteiger partial charge in [-0.3, -0.25) is 0 Å². The van der Waals surface area contributed by atoms with E-state index in [1.807, 2.05) is 0 Å². The van der Waals surface area contributed by atoms with Crippen LogP contribution in [-0.2, 0) is 0 Å². The first-order valence-corrected chi connectivity index (χ1v) is 14.7. The molecule has 4 unspecified atom stereocenters. The molecule has 4 atom stereocenters. The van der Waals surface area contributed by atoms with Crippen LogP contribution in [0.25, 0.3) is 0 Å². The Morgan fingerprint density at radius 2 is 0.920 bits per heavy atom. The monoisotopic (exact) mass is 365 g/mol. The zero-order valence-electron chi connectivity index (χ0n) is 18.2. The fourth-order valence-electron chi connectivity index (χ4n) is 6.33. The molecule has 2 aliphatic carbocycles. The Labute approximate surface area is 160 Å². The van der Waals surface area contributed by atoms with E-state index < -0.39 is 8.24 Å². The van der Waals surface area contributed by atoms with Gasteiger partial charge in [0.05, 0.1) is 0 Å². The van der Waals surface area contributed by atoms with Crippen molar-refractivity contribution in [1.82, 2.24) is 4.98 Å². The summed E-state index contributed by atoms with van der Waals surface area (Å²) in [4.78, 5) is 4.33. The van der Waals surface area contributed by atoms with Crippen LogP contribution in [0.5, 0.6) is 0 Å². The summed E-state index contributed by atoms with van der Waals surface area (Å²) in [6, 6.07) is 0.798. The predicted octanol–water partition coefficient (Wildman–Crippen LogP) is 7.38. The topological polar surface area (TPSA) is 12.0 Å². The molecule has 0 aliphatic heterocycles. The van der Waals surface area contributed by atoms with Crippen molar-refractivity contribution in [3.8, 4) is 0 Å². The zero-order valence-corrected chi connectivity index (χ0v) is 19.2. The minimum atomic E-state index is -1.41. The lowest BCUT2D eigenvalue weighted by Gasteiger charge is -2.40. The minimum absolute atomic E-state index is 0.798. The second kappa shape index (κ2) is 9.92. The van der Waals surface area contributed by atoms with Gasteiger partial charge in [-0.15, -0.1) is 0 Å². The van der Waals surface area contributed by atoms with E-state index in [-0.39, 0.29) is 0 Å². The van der Waals surface area contributed by atoms with Crippen LogP contribution in [-0.4, -0.2) is 14.3 Å². The van der Waals surface area contributed by atoms with Gasteiger partial charge < -0.3 is 4.98 Å². The molecule has 2 heteroatoms. The molecule has 0 saturated heterocycles. The van der Waals surface area contributed by atoms with E-state index in [9.17, 15) is 0 Å². The third kappa shape index (κ3) is 5.83. The minimum Gasteiger partial charge on any atom is -0.334 e. The van der Waals surface area contributed by atoms with Crippen LogP contribution < -0.4 is 4.98 Å². The Morgan fingerprint density at radius 1 is 0.560 bits per heavy atom. The summed E-state index contributed by atoms with van der Waals surface area (Å²) >= 11 is 0. The van der Waals surface area contributed by atoms with Gasteiger partial charge in [0.15, 0.2) is 0 Å². The van der Waals surface area contributed by atoms with E-state index in [1.54, 1.807) is 0 Å². The molecule has 2 fully saturated rings. The van der Waals surface area contributed by atoms with Gasteiger partial charge in [-0.1, -0.05) is 98.6 Å². The SMILES string of the molecule is CC1C(C)C(C)C([Si](C)(C)NC2CCCCCCCCCCC2)C1C. The second-order valence-electron chi connectivity index (χ2n) is 10.3. The van der Waals surface area contributed by atoms with E-state index in [1.165, 1.54) is 70.6 Å². The molecule has 1 nitrogen and oxygen atoms in total. The maximum Gasteiger partial charge on any atom is 0.123 e. The lowest BCUT2D eigenvalue weighted by Crippen LogP contribution is -2.55. The lowest BCUT2D eigenvalue weighted by atomic mass is 9.92. The standard InChI is InChI=1S/C23H47NSi/c1-18-19(2)21(4)23(20(18)3)25(5,6)24-22-16-14-12-10-8-7-9-11-13-15-17-22/h18-24H,7-17H2,1-6H3. The first-order valence-electron chi connectivity index (χ1n) is 11.6. The largest absolute Gasteiger partial charge is 0.334 e. The van der Waals surface area contributed by atoms with Crippen LogP contribution in [0.2, 0.25) is 18.6 Å². The molecule has 0 aromatic carbocycles. The normalized spacial score (nSPS) is 37.4. The van der Waals surface area contributed by atoms with Crippen molar-refractivity contribution < 1.29 is 0 Å². The third-order valence-electron chi connectivity index (χ3n) is 8.14. The van der Waals surface area contributed by atoms with Gasteiger partial charge in [0.2, 0.25) is 0 Å². The maximum atomic E-state index is 4.33. The Kier molecular flexibility index (Phi) is 8.52. The van der Waals surface area contributed by atoms with Crippen molar-refractivity contribution in [2.75, 3.05) is 0 Å². The number of rotatable bonds is 3. The van der Waals surface area contributed by atoms with E-state index in [4.69, 9.17) is 0 Å². The van der Waals surface area contributed by atoms with Crippen molar-refractivity contribution in [2.24, 2.45) is 23.7 Å². The molecule has 1 N–H and O–H groups in total. The Bertz CT molecular complexity index is 354. The molecule has 0 heterocycles. The van der Waals surface area contributed by atoms with E-state index in [0.717, 1.165) is 35.3 Å². The molecule has 0 radical (unpaired) electrons. The molecule has 0 amide bonds. The highest BCUT2D eigenvalue weighted by Gasteiger charge is 2.49. The summed E-state index contributed by atoms with van der Waals surface area (Å²) in [7, 11) is -1.41. The molecule has 2 aliphatic rings. The van der Waals surface area contributed by atoms with Gasteiger partial charge in [0.1, 0.15) is 8.24 Å². The quantitative estimate of drug-likeness (QED) is 0.514. The van der Waals surface area contributed by atoms with Crippen LogP contribution in [0.3, 0.4) is 0 Å². The number of hydrogen-bond donors (Lipinski definition) is 1. The first kappa shape index (κ1) is 21.5. The highest BCUT2D eigenvalue weighted by atomic mass is 28.3. The highest BCUT2D eigenvalue weighted by molar-refractivity contribution is 6.76. The van der Waals surface area contributed by atoms with Crippen LogP contribution in [0.1, 0.15) is 98.3 Å². The fraction of sp³-hybridized carbons (Fsp3) is 1.00. The van der Waals surface area contributed by atoms with Gasteiger partial charge in [0, 0.05) is 6.04 Å². The fourth-order valence-corrected chi connectivity index (χ4v) is 11.1. The third-order valence-corrected chi connectivity index (χ3v) is 12.0. The van der Waals surface area contributed by atoms with Gasteiger partial charge in [0.25, 0.3) is 0 Å². The van der Waals surface area contributed by atoms with Crippen molar-refractivity contribution in [3.63, 3.8) is 0 Å². The first-order chi connectivity index (χ1) is 11.8. The van der Waals surface area contributed by atoms with Crippen LogP contribution >= 0.6 is 0 Å². The van der Waals surface area contributed by atoms with E-state index >= 15 is 0 Å². The lowest BCUT2D eigenvalue weighted by molar-refractivity contribution is 0.352. The van der Waals surface area contributed by atoms with Crippen LogP contribution in [0.15, 0.2) is 0 Å². The Hall–Kier alpha value is 0.177. The summed E-state index contributed by atoms with van der Waals surface area (Å²) in [5, 5.41) is 0. The molecule has 0 aromatic rings. The molecule has 2 saturated carbocycles. The summed E-state index contributed by atoms with van der Waals surface area (Å²) < 4.78 is 0. The molecular formula is C23H47NSi. The van der Waals surface area contributed by atoms with Crippen LogP contribution in [0, 0.1) is 23.7 Å². The smallest absolute Gasteiger partial charge is 0.123 e. The molecular weight excluding hydrogens is 318 g/mol. The van der Waals surface area contributed by atoms with Gasteiger partial charge in [-0.05, 0) is 42.1 Å². The molecule has 0 aromatic heterocycles. The van der Waals surface area contributed by atoms with Crippen molar-refractivity contribution >= 4 is 8.24 Å². The Morgan fingerprint density at radius 3 is 1.32 bits per heavy atom. The van der Waals surface area contributed by atoms with E-state index in [0.29, 0.717) is 0 Å². The zero-order chi connectivity index (χ0) is 18.4. The van der Waals surface area contributed by atoms with Gasteiger partial charge in [-0.2, -0.15) is 0 Å². The van der Waals surface area contributed by atoms with Crippen molar-refractivity contribution in [1.29, 1.82) is 0 Å². The molecule has 148 valence electrons. The summed E-state index contributed by atoms with van der Waals surface area (Å²) in [6.07, 6.45) is 16.1. The molecule has 0 bridgehead atoms.